The summed E-state index contributed by atoms with van der Waals surface area (Å²) < 4.78 is 0. The highest BCUT2D eigenvalue weighted by molar-refractivity contribution is 5.51. The summed E-state index contributed by atoms with van der Waals surface area (Å²) in [5.74, 6) is 0.898. The maximum atomic E-state index is 3.61. The van der Waals surface area contributed by atoms with Crippen molar-refractivity contribution in [3.05, 3.63) is 29.3 Å². The molecule has 1 heteroatoms. The van der Waals surface area contributed by atoms with E-state index in [1.807, 2.05) is 0 Å². The van der Waals surface area contributed by atoms with E-state index in [0.29, 0.717) is 0 Å². The molecule has 0 aliphatic heterocycles. The van der Waals surface area contributed by atoms with Crippen LogP contribution in [-0.4, -0.2) is 6.54 Å². The van der Waals surface area contributed by atoms with Gasteiger partial charge >= 0.3 is 0 Å². The molecule has 0 heterocycles. The third-order valence-corrected chi connectivity index (χ3v) is 3.69. The first-order valence-corrected chi connectivity index (χ1v) is 6.57. The Labute approximate surface area is 99.3 Å². The summed E-state index contributed by atoms with van der Waals surface area (Å²) in [5, 5.41) is 3.61. The average molecular weight is 217 g/mol. The fourth-order valence-electron chi connectivity index (χ4n) is 2.66. The maximum Gasteiger partial charge on any atom is 0.0370 e. The van der Waals surface area contributed by atoms with Gasteiger partial charge in [0.1, 0.15) is 0 Å². The van der Waals surface area contributed by atoms with E-state index in [0.717, 1.165) is 12.5 Å². The van der Waals surface area contributed by atoms with E-state index in [4.69, 9.17) is 0 Å². The highest BCUT2D eigenvalue weighted by Crippen LogP contribution is 2.24. The minimum absolute atomic E-state index is 0.898. The lowest BCUT2D eigenvalue weighted by molar-refractivity contribution is 0.373. The van der Waals surface area contributed by atoms with E-state index in [9.17, 15) is 0 Å². The molecule has 88 valence electrons. The van der Waals surface area contributed by atoms with Crippen molar-refractivity contribution in [2.24, 2.45) is 5.92 Å². The lowest BCUT2D eigenvalue weighted by atomic mass is 9.89. The van der Waals surface area contributed by atoms with Crippen molar-refractivity contribution in [1.29, 1.82) is 0 Å². The predicted molar refractivity (Wildman–Crippen MR) is 71.0 cm³/mol. The molecule has 1 aromatic rings. The second kappa shape index (κ2) is 5.38. The van der Waals surface area contributed by atoms with Gasteiger partial charge in [0.2, 0.25) is 0 Å². The molecule has 1 aliphatic rings. The molecule has 1 saturated carbocycles. The van der Waals surface area contributed by atoms with Crippen LogP contribution >= 0.6 is 0 Å². The molecule has 1 nitrogen and oxygen atoms in total. The number of rotatable bonds is 3. The molecule has 1 aromatic carbocycles. The molecule has 0 unspecified atom stereocenters. The van der Waals surface area contributed by atoms with Gasteiger partial charge in [0, 0.05) is 12.2 Å². The molecule has 0 saturated heterocycles. The fourth-order valence-corrected chi connectivity index (χ4v) is 2.66. The zero-order chi connectivity index (χ0) is 11.4. The maximum absolute atomic E-state index is 3.61. The quantitative estimate of drug-likeness (QED) is 0.796. The first kappa shape index (κ1) is 11.5. The van der Waals surface area contributed by atoms with Crippen molar-refractivity contribution in [2.45, 2.75) is 46.0 Å². The summed E-state index contributed by atoms with van der Waals surface area (Å²) in [6, 6.07) is 6.66. The molecule has 0 amide bonds. The van der Waals surface area contributed by atoms with Gasteiger partial charge in [-0.15, -0.1) is 0 Å². The van der Waals surface area contributed by atoms with Gasteiger partial charge in [-0.25, -0.2) is 0 Å². The van der Waals surface area contributed by atoms with E-state index in [-0.39, 0.29) is 0 Å². The van der Waals surface area contributed by atoms with Crippen LogP contribution in [-0.2, 0) is 0 Å². The van der Waals surface area contributed by atoms with E-state index in [1.54, 1.807) is 0 Å². The molecular weight excluding hydrogens is 194 g/mol. The molecule has 0 bridgehead atoms. The Bertz CT molecular complexity index is 337. The Morgan fingerprint density at radius 2 is 1.88 bits per heavy atom. The first-order valence-electron chi connectivity index (χ1n) is 6.57. The Hall–Kier alpha value is -0.980. The zero-order valence-corrected chi connectivity index (χ0v) is 10.6. The van der Waals surface area contributed by atoms with Crippen LogP contribution in [0.25, 0.3) is 0 Å². The van der Waals surface area contributed by atoms with Crippen LogP contribution in [0.5, 0.6) is 0 Å². The van der Waals surface area contributed by atoms with Crippen molar-refractivity contribution in [3.8, 4) is 0 Å². The van der Waals surface area contributed by atoms with Crippen LogP contribution in [0.4, 0.5) is 5.69 Å². The number of nitrogens with one attached hydrogen (secondary N) is 1. The van der Waals surface area contributed by atoms with Crippen LogP contribution in [0.15, 0.2) is 18.2 Å². The van der Waals surface area contributed by atoms with Gasteiger partial charge in [-0.1, -0.05) is 37.0 Å². The molecule has 0 atom stereocenters. The molecule has 2 rings (SSSR count). The van der Waals surface area contributed by atoms with Crippen molar-refractivity contribution >= 4 is 5.69 Å². The molecule has 0 spiro atoms. The van der Waals surface area contributed by atoms with Crippen LogP contribution in [0, 0.1) is 19.8 Å². The van der Waals surface area contributed by atoms with Crippen LogP contribution in [0.1, 0.15) is 43.2 Å². The van der Waals surface area contributed by atoms with Crippen molar-refractivity contribution in [3.63, 3.8) is 0 Å². The molecule has 1 fully saturated rings. The van der Waals surface area contributed by atoms with Gasteiger partial charge in [-0.2, -0.15) is 0 Å². The Morgan fingerprint density at radius 1 is 1.12 bits per heavy atom. The lowest BCUT2D eigenvalue weighted by Gasteiger charge is -2.22. The molecular formula is C15H23N. The SMILES string of the molecule is Cc1ccc(NCC2CCCCC2)c(C)c1. The van der Waals surface area contributed by atoms with Gasteiger partial charge in [0.25, 0.3) is 0 Å². The summed E-state index contributed by atoms with van der Waals surface area (Å²) in [4.78, 5) is 0. The minimum Gasteiger partial charge on any atom is -0.385 e. The third kappa shape index (κ3) is 3.01. The second-order valence-electron chi connectivity index (χ2n) is 5.20. The van der Waals surface area contributed by atoms with Crippen molar-refractivity contribution < 1.29 is 0 Å². The first-order chi connectivity index (χ1) is 7.75. The standard InChI is InChI=1S/C15H23N/c1-12-8-9-15(13(2)10-12)16-11-14-6-4-3-5-7-14/h8-10,14,16H,3-7,11H2,1-2H3. The molecule has 0 aromatic heterocycles. The number of aryl methyl sites for hydroxylation is 2. The van der Waals surface area contributed by atoms with Crippen LogP contribution < -0.4 is 5.32 Å². The Balaban J connectivity index is 1.88. The summed E-state index contributed by atoms with van der Waals surface area (Å²) in [7, 11) is 0. The number of anilines is 1. The lowest BCUT2D eigenvalue weighted by Crippen LogP contribution is -2.17. The summed E-state index contributed by atoms with van der Waals surface area (Å²) in [6.07, 6.45) is 7.13. The molecule has 1 aliphatic carbocycles. The van der Waals surface area contributed by atoms with Gasteiger partial charge in [0.15, 0.2) is 0 Å². The Morgan fingerprint density at radius 3 is 2.56 bits per heavy atom. The average Bonchev–Trinajstić information content (AvgIpc) is 2.29. The minimum atomic E-state index is 0.898. The normalized spacial score (nSPS) is 17.4. The second-order valence-corrected chi connectivity index (χ2v) is 5.20. The van der Waals surface area contributed by atoms with Crippen molar-refractivity contribution in [1.82, 2.24) is 0 Å². The largest absolute Gasteiger partial charge is 0.385 e. The van der Waals surface area contributed by atoms with Gasteiger partial charge in [-0.3, -0.25) is 0 Å². The highest BCUT2D eigenvalue weighted by atomic mass is 14.9. The summed E-state index contributed by atoms with van der Waals surface area (Å²) in [6.45, 7) is 5.50. The van der Waals surface area contributed by atoms with E-state index in [1.165, 1.54) is 48.9 Å². The Kier molecular flexibility index (Phi) is 3.87. The van der Waals surface area contributed by atoms with Crippen molar-refractivity contribution in [2.75, 3.05) is 11.9 Å². The third-order valence-electron chi connectivity index (χ3n) is 3.69. The van der Waals surface area contributed by atoms with Crippen LogP contribution in [0.2, 0.25) is 0 Å². The number of hydrogen-bond acceptors (Lipinski definition) is 1. The van der Waals surface area contributed by atoms with Crippen LogP contribution in [0.3, 0.4) is 0 Å². The highest BCUT2D eigenvalue weighted by Gasteiger charge is 2.12. The number of benzene rings is 1. The predicted octanol–water partition coefficient (Wildman–Crippen LogP) is 4.30. The van der Waals surface area contributed by atoms with Gasteiger partial charge < -0.3 is 5.32 Å². The van der Waals surface area contributed by atoms with Gasteiger partial charge in [0.05, 0.1) is 0 Å². The molecule has 16 heavy (non-hydrogen) atoms. The monoisotopic (exact) mass is 217 g/mol. The van der Waals surface area contributed by atoms with E-state index in [2.05, 4.69) is 37.4 Å². The van der Waals surface area contributed by atoms with Gasteiger partial charge in [-0.05, 0) is 44.2 Å². The summed E-state index contributed by atoms with van der Waals surface area (Å²) >= 11 is 0. The number of hydrogen-bond donors (Lipinski definition) is 1. The summed E-state index contributed by atoms with van der Waals surface area (Å²) in [5.41, 5.74) is 4.03. The smallest absolute Gasteiger partial charge is 0.0370 e. The molecule has 1 N–H and O–H groups in total. The van der Waals surface area contributed by atoms with E-state index < -0.39 is 0 Å². The van der Waals surface area contributed by atoms with E-state index >= 15 is 0 Å². The zero-order valence-electron chi connectivity index (χ0n) is 10.6. The fraction of sp³-hybridized carbons (Fsp3) is 0.600. The topological polar surface area (TPSA) is 12.0 Å². The molecule has 0 radical (unpaired) electrons.